The van der Waals surface area contributed by atoms with E-state index >= 15 is 0 Å². The second-order valence-electron chi connectivity index (χ2n) is 2.71. The largest absolute Gasteiger partial charge is 0.492 e. The molecule has 0 aliphatic heterocycles. The van der Waals surface area contributed by atoms with Gasteiger partial charge in [0.1, 0.15) is 0 Å². The van der Waals surface area contributed by atoms with E-state index < -0.39 is 5.82 Å². The Kier molecular flexibility index (Phi) is 2.92. The van der Waals surface area contributed by atoms with Crippen molar-refractivity contribution in [3.05, 3.63) is 23.0 Å². The lowest BCUT2D eigenvalue weighted by molar-refractivity contribution is 0.335. The number of rotatable bonds is 2. The standard InChI is InChI=1S/C10H10FNO2/c1-6-7(5-12)4-8(11)10(14-3)9(6)13-2/h4H,1-3H3. The monoisotopic (exact) mass is 195 g/mol. The first-order valence-electron chi connectivity index (χ1n) is 3.96. The number of ether oxygens (including phenoxy) is 2. The molecule has 1 aromatic carbocycles. The zero-order valence-electron chi connectivity index (χ0n) is 8.22. The van der Waals surface area contributed by atoms with Crippen molar-refractivity contribution in [2.75, 3.05) is 14.2 Å². The lowest BCUT2D eigenvalue weighted by Crippen LogP contribution is -1.98. The lowest BCUT2D eigenvalue weighted by Gasteiger charge is -2.11. The van der Waals surface area contributed by atoms with Gasteiger partial charge in [-0.1, -0.05) is 0 Å². The highest BCUT2D eigenvalue weighted by Gasteiger charge is 2.16. The van der Waals surface area contributed by atoms with Crippen LogP contribution in [0.25, 0.3) is 0 Å². The Morgan fingerprint density at radius 2 is 1.86 bits per heavy atom. The van der Waals surface area contributed by atoms with Crippen LogP contribution in [0.3, 0.4) is 0 Å². The molecule has 0 aliphatic carbocycles. The number of methoxy groups -OCH3 is 2. The molecule has 4 heteroatoms. The quantitative estimate of drug-likeness (QED) is 0.725. The van der Waals surface area contributed by atoms with E-state index in [1.165, 1.54) is 14.2 Å². The molecule has 0 saturated carbocycles. The van der Waals surface area contributed by atoms with Crippen LogP contribution in [-0.4, -0.2) is 14.2 Å². The van der Waals surface area contributed by atoms with Crippen molar-refractivity contribution in [3.63, 3.8) is 0 Å². The number of hydrogen-bond donors (Lipinski definition) is 0. The molecule has 0 saturated heterocycles. The summed E-state index contributed by atoms with van der Waals surface area (Å²) in [5.41, 5.74) is 0.827. The van der Waals surface area contributed by atoms with E-state index in [9.17, 15) is 4.39 Å². The number of nitrogens with zero attached hydrogens (tertiary/aromatic N) is 1. The molecule has 1 aromatic rings. The van der Waals surface area contributed by atoms with Gasteiger partial charge in [0.2, 0.25) is 0 Å². The summed E-state index contributed by atoms with van der Waals surface area (Å²) in [5, 5.41) is 8.71. The Labute approximate surface area is 81.7 Å². The van der Waals surface area contributed by atoms with Gasteiger partial charge >= 0.3 is 0 Å². The second-order valence-corrected chi connectivity index (χ2v) is 2.71. The van der Waals surface area contributed by atoms with Gasteiger partial charge < -0.3 is 9.47 Å². The van der Waals surface area contributed by atoms with Gasteiger partial charge in [0.05, 0.1) is 25.9 Å². The maximum atomic E-state index is 13.3. The van der Waals surface area contributed by atoms with Crippen molar-refractivity contribution in [2.24, 2.45) is 0 Å². The Morgan fingerprint density at radius 1 is 1.29 bits per heavy atom. The molecule has 1 rings (SSSR count). The predicted molar refractivity (Wildman–Crippen MR) is 49.0 cm³/mol. The fourth-order valence-electron chi connectivity index (χ4n) is 1.25. The molecule has 0 atom stereocenters. The average molecular weight is 195 g/mol. The van der Waals surface area contributed by atoms with E-state index in [4.69, 9.17) is 14.7 Å². The zero-order valence-corrected chi connectivity index (χ0v) is 8.22. The first-order valence-corrected chi connectivity index (χ1v) is 3.96. The van der Waals surface area contributed by atoms with Crippen LogP contribution >= 0.6 is 0 Å². The first-order chi connectivity index (χ1) is 6.65. The van der Waals surface area contributed by atoms with E-state index in [0.717, 1.165) is 6.07 Å². The van der Waals surface area contributed by atoms with E-state index in [1.807, 2.05) is 6.07 Å². The average Bonchev–Trinajstić information content (AvgIpc) is 2.20. The molecule has 0 bridgehead atoms. The summed E-state index contributed by atoms with van der Waals surface area (Å²) in [6.45, 7) is 1.68. The van der Waals surface area contributed by atoms with Gasteiger partial charge in [-0.3, -0.25) is 0 Å². The van der Waals surface area contributed by atoms with Gasteiger partial charge in [-0.05, 0) is 13.0 Å². The number of benzene rings is 1. The molecule has 14 heavy (non-hydrogen) atoms. The lowest BCUT2D eigenvalue weighted by atomic mass is 10.1. The normalized spacial score (nSPS) is 9.36. The van der Waals surface area contributed by atoms with Crippen LogP contribution in [0.2, 0.25) is 0 Å². The maximum Gasteiger partial charge on any atom is 0.197 e. The van der Waals surface area contributed by atoms with Gasteiger partial charge in [-0.2, -0.15) is 5.26 Å². The van der Waals surface area contributed by atoms with Gasteiger partial charge in [0.15, 0.2) is 17.3 Å². The molecule has 0 unspecified atom stereocenters. The molecule has 0 fully saturated rings. The topological polar surface area (TPSA) is 42.2 Å². The second kappa shape index (κ2) is 3.97. The van der Waals surface area contributed by atoms with E-state index in [-0.39, 0.29) is 17.1 Å². The minimum absolute atomic E-state index is 0.0315. The SMILES string of the molecule is COc1c(F)cc(C#N)c(C)c1OC. The van der Waals surface area contributed by atoms with E-state index in [1.54, 1.807) is 6.92 Å². The smallest absolute Gasteiger partial charge is 0.197 e. The van der Waals surface area contributed by atoms with Crippen molar-refractivity contribution in [2.45, 2.75) is 6.92 Å². The molecule has 3 nitrogen and oxygen atoms in total. The number of hydrogen-bond acceptors (Lipinski definition) is 3. The third kappa shape index (κ3) is 1.49. The summed E-state index contributed by atoms with van der Waals surface area (Å²) >= 11 is 0. The Hall–Kier alpha value is -1.76. The van der Waals surface area contributed by atoms with Crippen molar-refractivity contribution < 1.29 is 13.9 Å². The molecule has 0 spiro atoms. The van der Waals surface area contributed by atoms with Gasteiger partial charge in [0, 0.05) is 5.56 Å². The van der Waals surface area contributed by atoms with Crippen molar-refractivity contribution >= 4 is 0 Å². The van der Waals surface area contributed by atoms with Crippen molar-refractivity contribution in [1.82, 2.24) is 0 Å². The predicted octanol–water partition coefficient (Wildman–Crippen LogP) is 2.02. The molecule has 74 valence electrons. The summed E-state index contributed by atoms with van der Waals surface area (Å²) in [6, 6.07) is 3.02. The van der Waals surface area contributed by atoms with Gasteiger partial charge in [0.25, 0.3) is 0 Å². The van der Waals surface area contributed by atoms with Crippen LogP contribution in [0.5, 0.6) is 11.5 Å². The molecule has 0 amide bonds. The molecule has 0 radical (unpaired) electrons. The van der Waals surface area contributed by atoms with Crippen LogP contribution in [0.1, 0.15) is 11.1 Å². The molecule has 0 aromatic heterocycles. The summed E-state index contributed by atoms with van der Waals surface area (Å²) in [5.74, 6) is -0.292. The maximum absolute atomic E-state index is 13.3. The van der Waals surface area contributed by atoms with Gasteiger partial charge in [-0.25, -0.2) is 4.39 Å². The third-order valence-electron chi connectivity index (χ3n) is 1.97. The number of halogens is 1. The fraction of sp³-hybridized carbons (Fsp3) is 0.300. The highest BCUT2D eigenvalue weighted by molar-refractivity contribution is 5.54. The fourth-order valence-corrected chi connectivity index (χ4v) is 1.25. The third-order valence-corrected chi connectivity index (χ3v) is 1.97. The minimum Gasteiger partial charge on any atom is -0.492 e. The Bertz CT molecular complexity index is 392. The van der Waals surface area contributed by atoms with Crippen LogP contribution in [-0.2, 0) is 0 Å². The van der Waals surface area contributed by atoms with E-state index in [2.05, 4.69) is 0 Å². The van der Waals surface area contributed by atoms with E-state index in [0.29, 0.717) is 5.56 Å². The zero-order chi connectivity index (χ0) is 10.7. The molecule has 0 aliphatic rings. The number of nitriles is 1. The summed E-state index contributed by atoms with van der Waals surface area (Å²) < 4.78 is 23.1. The van der Waals surface area contributed by atoms with Crippen molar-refractivity contribution in [1.29, 1.82) is 5.26 Å². The Morgan fingerprint density at radius 3 is 2.29 bits per heavy atom. The van der Waals surface area contributed by atoms with Crippen LogP contribution < -0.4 is 9.47 Å². The molecule has 0 heterocycles. The first kappa shape index (κ1) is 10.3. The molecule has 0 N–H and O–H groups in total. The highest BCUT2D eigenvalue weighted by Crippen LogP contribution is 2.35. The van der Waals surface area contributed by atoms with Crippen LogP contribution in [0, 0.1) is 24.1 Å². The molecular weight excluding hydrogens is 185 g/mol. The van der Waals surface area contributed by atoms with Crippen molar-refractivity contribution in [3.8, 4) is 17.6 Å². The van der Waals surface area contributed by atoms with Crippen LogP contribution in [0.4, 0.5) is 4.39 Å². The summed E-state index contributed by atoms with van der Waals surface area (Å²) in [7, 11) is 2.76. The van der Waals surface area contributed by atoms with Crippen LogP contribution in [0.15, 0.2) is 6.07 Å². The highest BCUT2D eigenvalue weighted by atomic mass is 19.1. The summed E-state index contributed by atoms with van der Waals surface area (Å²) in [6.07, 6.45) is 0. The molecular formula is C10H10FNO2. The minimum atomic E-state index is -0.591. The van der Waals surface area contributed by atoms with Gasteiger partial charge in [-0.15, -0.1) is 0 Å². The summed E-state index contributed by atoms with van der Waals surface area (Å²) in [4.78, 5) is 0. The Balaban J connectivity index is 3.50.